The standard InChI is InChI=1S/C8H5Cl2FO/c9-6-2-1-5(3-7(6)10)8(11)4-12/h1-4,8H. The van der Waals surface area contributed by atoms with Gasteiger partial charge >= 0.3 is 0 Å². The van der Waals surface area contributed by atoms with Crippen LogP contribution in [0.1, 0.15) is 11.7 Å². The zero-order valence-electron chi connectivity index (χ0n) is 5.93. The zero-order valence-corrected chi connectivity index (χ0v) is 7.44. The van der Waals surface area contributed by atoms with Crippen LogP contribution in [0.25, 0.3) is 0 Å². The van der Waals surface area contributed by atoms with Gasteiger partial charge in [-0.2, -0.15) is 0 Å². The predicted molar refractivity (Wildman–Crippen MR) is 46.4 cm³/mol. The van der Waals surface area contributed by atoms with Crippen LogP contribution in [0.5, 0.6) is 0 Å². The second-order valence-electron chi connectivity index (χ2n) is 2.21. The fourth-order valence-corrected chi connectivity index (χ4v) is 1.07. The molecule has 1 atom stereocenters. The molecule has 64 valence electrons. The molecule has 0 radical (unpaired) electrons. The van der Waals surface area contributed by atoms with E-state index in [2.05, 4.69) is 0 Å². The lowest BCUT2D eigenvalue weighted by Gasteiger charge is -2.01. The number of carbonyl (C=O) groups excluding carboxylic acids is 1. The van der Waals surface area contributed by atoms with Crippen LogP contribution in [-0.2, 0) is 4.79 Å². The van der Waals surface area contributed by atoms with E-state index in [4.69, 9.17) is 23.2 Å². The summed E-state index contributed by atoms with van der Waals surface area (Å²) in [6.07, 6.45) is -1.42. The Bertz CT molecular complexity index is 301. The van der Waals surface area contributed by atoms with Crippen molar-refractivity contribution in [3.05, 3.63) is 33.8 Å². The van der Waals surface area contributed by atoms with Gasteiger partial charge in [0.25, 0.3) is 0 Å². The second kappa shape index (κ2) is 3.87. The Kier molecular flexibility index (Phi) is 3.06. The van der Waals surface area contributed by atoms with Gasteiger partial charge in [0, 0.05) is 0 Å². The van der Waals surface area contributed by atoms with E-state index in [0.29, 0.717) is 5.02 Å². The Labute approximate surface area is 79.1 Å². The van der Waals surface area contributed by atoms with Crippen LogP contribution in [0, 0.1) is 0 Å². The third-order valence-electron chi connectivity index (χ3n) is 1.38. The molecule has 0 heterocycles. The molecule has 0 fully saturated rings. The number of benzene rings is 1. The summed E-state index contributed by atoms with van der Waals surface area (Å²) < 4.78 is 12.7. The predicted octanol–water partition coefficient (Wildman–Crippen LogP) is 3.20. The Hall–Kier alpha value is -0.600. The lowest BCUT2D eigenvalue weighted by atomic mass is 10.1. The largest absolute Gasteiger partial charge is 0.300 e. The van der Waals surface area contributed by atoms with Crippen molar-refractivity contribution in [2.24, 2.45) is 0 Å². The van der Waals surface area contributed by atoms with E-state index in [9.17, 15) is 9.18 Å². The third kappa shape index (κ3) is 1.96. The summed E-state index contributed by atoms with van der Waals surface area (Å²) >= 11 is 11.2. The number of halogens is 3. The van der Waals surface area contributed by atoms with Crippen LogP contribution in [0.3, 0.4) is 0 Å². The van der Waals surface area contributed by atoms with E-state index in [1.807, 2.05) is 0 Å². The highest BCUT2D eigenvalue weighted by atomic mass is 35.5. The first-order valence-electron chi connectivity index (χ1n) is 3.19. The van der Waals surface area contributed by atoms with Gasteiger partial charge in [-0.1, -0.05) is 29.3 Å². The van der Waals surface area contributed by atoms with E-state index in [1.165, 1.54) is 18.2 Å². The van der Waals surface area contributed by atoms with Crippen molar-refractivity contribution in [1.29, 1.82) is 0 Å². The maximum atomic E-state index is 12.7. The van der Waals surface area contributed by atoms with Gasteiger partial charge in [0.2, 0.25) is 0 Å². The van der Waals surface area contributed by atoms with Crippen molar-refractivity contribution in [1.82, 2.24) is 0 Å². The monoisotopic (exact) mass is 206 g/mol. The highest BCUT2D eigenvalue weighted by Crippen LogP contribution is 2.26. The molecule has 4 heteroatoms. The molecule has 1 aromatic rings. The summed E-state index contributed by atoms with van der Waals surface area (Å²) in [6.45, 7) is 0. The van der Waals surface area contributed by atoms with Gasteiger partial charge in [-0.3, -0.25) is 4.79 Å². The molecule has 0 aliphatic carbocycles. The highest BCUT2D eigenvalue weighted by molar-refractivity contribution is 6.42. The summed E-state index contributed by atoms with van der Waals surface area (Å²) in [5.41, 5.74) is 0.222. The Morgan fingerprint density at radius 1 is 1.33 bits per heavy atom. The number of rotatable bonds is 2. The summed E-state index contributed by atoms with van der Waals surface area (Å²) in [4.78, 5) is 10.1. The van der Waals surface area contributed by atoms with Crippen molar-refractivity contribution in [3.8, 4) is 0 Å². The minimum absolute atomic E-state index is 0.208. The maximum Gasteiger partial charge on any atom is 0.180 e. The molecule has 12 heavy (non-hydrogen) atoms. The Balaban J connectivity index is 3.04. The molecule has 0 bridgehead atoms. The van der Waals surface area contributed by atoms with Crippen molar-refractivity contribution in [2.45, 2.75) is 6.17 Å². The quantitative estimate of drug-likeness (QED) is 0.680. The Morgan fingerprint density at radius 2 is 2.00 bits per heavy atom. The first-order valence-corrected chi connectivity index (χ1v) is 3.95. The van der Waals surface area contributed by atoms with Crippen LogP contribution < -0.4 is 0 Å². The summed E-state index contributed by atoms with van der Waals surface area (Å²) in [5.74, 6) is 0. The van der Waals surface area contributed by atoms with Gasteiger partial charge < -0.3 is 0 Å². The first-order chi connectivity index (χ1) is 5.65. The molecule has 1 aromatic carbocycles. The topological polar surface area (TPSA) is 17.1 Å². The van der Waals surface area contributed by atoms with Gasteiger partial charge in [0.15, 0.2) is 12.5 Å². The molecule has 1 unspecified atom stereocenters. The van der Waals surface area contributed by atoms with Crippen molar-refractivity contribution in [2.75, 3.05) is 0 Å². The SMILES string of the molecule is O=CC(F)c1ccc(Cl)c(Cl)c1. The van der Waals surface area contributed by atoms with Crippen molar-refractivity contribution in [3.63, 3.8) is 0 Å². The van der Waals surface area contributed by atoms with Crippen LogP contribution in [0.2, 0.25) is 10.0 Å². The third-order valence-corrected chi connectivity index (χ3v) is 2.12. The molecule has 0 aliphatic rings. The van der Waals surface area contributed by atoms with Crippen LogP contribution in [0.4, 0.5) is 4.39 Å². The summed E-state index contributed by atoms with van der Waals surface area (Å²) in [6, 6.07) is 4.21. The van der Waals surface area contributed by atoms with E-state index in [-0.39, 0.29) is 16.9 Å². The molecule has 0 saturated carbocycles. The number of alkyl halides is 1. The number of aldehydes is 1. The summed E-state index contributed by atoms with van der Waals surface area (Å²) in [5, 5.41) is 0.595. The second-order valence-corrected chi connectivity index (χ2v) is 3.03. The smallest absolute Gasteiger partial charge is 0.180 e. The van der Waals surface area contributed by atoms with E-state index < -0.39 is 6.17 Å². The molecule has 0 N–H and O–H groups in total. The number of hydrogen-bond donors (Lipinski definition) is 0. The van der Waals surface area contributed by atoms with E-state index in [0.717, 1.165) is 0 Å². The van der Waals surface area contributed by atoms with Gasteiger partial charge in [0.05, 0.1) is 10.0 Å². The molecule has 1 rings (SSSR count). The highest BCUT2D eigenvalue weighted by Gasteiger charge is 2.09. The zero-order chi connectivity index (χ0) is 9.14. The van der Waals surface area contributed by atoms with Crippen LogP contribution >= 0.6 is 23.2 Å². The normalized spacial score (nSPS) is 12.6. The van der Waals surface area contributed by atoms with Gasteiger partial charge in [-0.15, -0.1) is 0 Å². The van der Waals surface area contributed by atoms with Crippen molar-refractivity contribution < 1.29 is 9.18 Å². The number of hydrogen-bond acceptors (Lipinski definition) is 1. The molecule has 0 aromatic heterocycles. The molecular weight excluding hydrogens is 202 g/mol. The Morgan fingerprint density at radius 3 is 2.50 bits per heavy atom. The van der Waals surface area contributed by atoms with E-state index in [1.54, 1.807) is 0 Å². The molecule has 1 nitrogen and oxygen atoms in total. The van der Waals surface area contributed by atoms with Gasteiger partial charge in [0.1, 0.15) is 0 Å². The lowest BCUT2D eigenvalue weighted by molar-refractivity contribution is -0.112. The first kappa shape index (κ1) is 9.49. The number of carbonyl (C=O) groups is 1. The average Bonchev–Trinajstić information content (AvgIpc) is 2.08. The fraction of sp³-hybridized carbons (Fsp3) is 0.125. The minimum atomic E-state index is -1.63. The molecular formula is C8H5Cl2FO. The lowest BCUT2D eigenvalue weighted by Crippen LogP contribution is -1.91. The summed E-state index contributed by atoms with van der Waals surface area (Å²) in [7, 11) is 0. The molecule has 0 amide bonds. The molecule has 0 aliphatic heterocycles. The fourth-order valence-electron chi connectivity index (χ4n) is 0.762. The van der Waals surface area contributed by atoms with Crippen LogP contribution in [0.15, 0.2) is 18.2 Å². The average molecular weight is 207 g/mol. The minimum Gasteiger partial charge on any atom is -0.300 e. The molecule has 0 saturated heterocycles. The molecule has 0 spiro atoms. The van der Waals surface area contributed by atoms with Crippen LogP contribution in [-0.4, -0.2) is 6.29 Å². The van der Waals surface area contributed by atoms with Crippen molar-refractivity contribution >= 4 is 29.5 Å². The van der Waals surface area contributed by atoms with Gasteiger partial charge in [-0.05, 0) is 17.7 Å². The van der Waals surface area contributed by atoms with Gasteiger partial charge in [-0.25, -0.2) is 4.39 Å². The maximum absolute atomic E-state index is 12.7. The van der Waals surface area contributed by atoms with E-state index >= 15 is 0 Å².